The lowest BCUT2D eigenvalue weighted by molar-refractivity contribution is -0.121. The molecule has 3 aromatic heterocycles. The van der Waals surface area contributed by atoms with Gasteiger partial charge in [-0.15, -0.1) is 10.2 Å². The van der Waals surface area contributed by atoms with Crippen molar-refractivity contribution >= 4 is 29.0 Å². The van der Waals surface area contributed by atoms with Crippen molar-refractivity contribution < 1.29 is 14.3 Å². The fraction of sp³-hybridized carbons (Fsp3) is 0.429. The van der Waals surface area contributed by atoms with Crippen LogP contribution in [0.5, 0.6) is 0 Å². The summed E-state index contributed by atoms with van der Waals surface area (Å²) < 4.78 is 8.06. The molecule has 3 N–H and O–H groups in total. The number of aromatic amines is 1. The Morgan fingerprint density at radius 1 is 1.18 bits per heavy atom. The van der Waals surface area contributed by atoms with E-state index in [1.54, 1.807) is 17.4 Å². The summed E-state index contributed by atoms with van der Waals surface area (Å²) in [7, 11) is 0. The molecule has 0 radical (unpaired) electrons. The number of unbranched alkanes of at least 4 members (excludes halogenated alkanes) is 1. The molecule has 3 heterocycles. The van der Waals surface area contributed by atoms with Gasteiger partial charge in [-0.3, -0.25) is 23.5 Å². The minimum absolute atomic E-state index is 0.102. The number of carbonyl (C=O) groups is 2. The number of nitrogens with one attached hydrogen (secondary N) is 1. The fourth-order valence-corrected chi connectivity index (χ4v) is 3.38. The molecule has 0 saturated heterocycles. The summed E-state index contributed by atoms with van der Waals surface area (Å²) in [5, 5.41) is 7.88. The Morgan fingerprint density at radius 2 is 1.94 bits per heavy atom. The Hall–Kier alpha value is -3.96. The standard InChI is InChI=1S/C21H27N7O5/c1-4-6-10-26(17-18(22)27(9-5-2)21(32)23-19(17)30)16(29)12-33-20(31)14-7-8-15-25-24-13(3)28(15)11-14/h7-8,11H,4-6,9-10,12,22H2,1-3H3,(H,23,30,32). The second-order valence-electron chi connectivity index (χ2n) is 7.51. The lowest BCUT2D eigenvalue weighted by Crippen LogP contribution is -2.43. The number of pyridine rings is 1. The number of carbonyl (C=O) groups excluding carboxylic acids is 2. The lowest BCUT2D eigenvalue weighted by Gasteiger charge is -2.24. The van der Waals surface area contributed by atoms with Crippen LogP contribution in [0.15, 0.2) is 27.9 Å². The van der Waals surface area contributed by atoms with Crippen LogP contribution in [0.1, 0.15) is 49.3 Å². The van der Waals surface area contributed by atoms with Gasteiger partial charge < -0.3 is 15.4 Å². The fourth-order valence-electron chi connectivity index (χ4n) is 3.38. The van der Waals surface area contributed by atoms with Crippen molar-refractivity contribution in [3.05, 3.63) is 50.6 Å². The highest BCUT2D eigenvalue weighted by Crippen LogP contribution is 2.18. The maximum absolute atomic E-state index is 13.0. The number of hydrogen-bond acceptors (Lipinski definition) is 8. The number of fused-ring (bicyclic) bond motifs is 1. The third-order valence-corrected chi connectivity index (χ3v) is 5.10. The average Bonchev–Trinajstić information content (AvgIpc) is 3.16. The molecule has 176 valence electrons. The molecule has 0 aliphatic heterocycles. The number of ether oxygens (including phenoxy) is 1. The van der Waals surface area contributed by atoms with Gasteiger partial charge in [0, 0.05) is 19.3 Å². The molecular weight excluding hydrogens is 430 g/mol. The number of H-pyrrole nitrogens is 1. The quantitative estimate of drug-likeness (QED) is 0.448. The maximum Gasteiger partial charge on any atom is 0.340 e. The maximum atomic E-state index is 13.0. The smallest absolute Gasteiger partial charge is 0.340 e. The zero-order valence-electron chi connectivity index (χ0n) is 18.8. The van der Waals surface area contributed by atoms with Crippen LogP contribution in [-0.4, -0.2) is 49.2 Å². The SMILES string of the molecule is CCCCN(C(=O)COC(=O)c1ccc2nnc(C)n2c1)c1c(N)n(CCC)c(=O)[nH]c1=O. The van der Waals surface area contributed by atoms with Crippen molar-refractivity contribution in [2.24, 2.45) is 0 Å². The molecule has 0 unspecified atom stereocenters. The van der Waals surface area contributed by atoms with Crippen LogP contribution in [-0.2, 0) is 16.1 Å². The largest absolute Gasteiger partial charge is 0.452 e. The Bertz CT molecular complexity index is 1290. The van der Waals surface area contributed by atoms with E-state index < -0.39 is 29.7 Å². The van der Waals surface area contributed by atoms with E-state index in [1.165, 1.54) is 21.7 Å². The van der Waals surface area contributed by atoms with E-state index in [1.807, 2.05) is 13.8 Å². The van der Waals surface area contributed by atoms with E-state index in [4.69, 9.17) is 10.5 Å². The summed E-state index contributed by atoms with van der Waals surface area (Å²) >= 11 is 0. The highest BCUT2D eigenvalue weighted by Gasteiger charge is 2.25. The van der Waals surface area contributed by atoms with Crippen LogP contribution in [0.2, 0.25) is 0 Å². The van der Waals surface area contributed by atoms with Crippen molar-refractivity contribution in [2.45, 2.75) is 46.6 Å². The van der Waals surface area contributed by atoms with Gasteiger partial charge in [-0.25, -0.2) is 9.59 Å². The predicted octanol–water partition coefficient (Wildman–Crippen LogP) is 0.870. The first kappa shape index (κ1) is 23.7. The number of aromatic nitrogens is 5. The number of nitrogens with zero attached hydrogens (tertiary/aromatic N) is 5. The van der Waals surface area contributed by atoms with Crippen molar-refractivity contribution in [3.8, 4) is 0 Å². The van der Waals surface area contributed by atoms with Crippen molar-refractivity contribution in [3.63, 3.8) is 0 Å². The number of nitrogen functional groups attached to an aromatic ring is 1. The first-order valence-electron chi connectivity index (χ1n) is 10.7. The molecule has 3 aromatic rings. The number of hydrogen-bond donors (Lipinski definition) is 2. The topological polar surface area (TPSA) is 158 Å². The number of anilines is 2. The van der Waals surface area contributed by atoms with Gasteiger partial charge in [-0.1, -0.05) is 20.3 Å². The summed E-state index contributed by atoms with van der Waals surface area (Å²) in [4.78, 5) is 53.6. The number of nitrogens with two attached hydrogens (primary N) is 1. The van der Waals surface area contributed by atoms with Crippen molar-refractivity contribution in [2.75, 3.05) is 23.8 Å². The Labute approximate surface area is 189 Å². The van der Waals surface area contributed by atoms with E-state index in [9.17, 15) is 19.2 Å². The van der Waals surface area contributed by atoms with E-state index in [0.717, 1.165) is 6.42 Å². The first-order valence-corrected chi connectivity index (χ1v) is 10.7. The third-order valence-electron chi connectivity index (χ3n) is 5.10. The van der Waals surface area contributed by atoms with Crippen LogP contribution in [0.25, 0.3) is 5.65 Å². The van der Waals surface area contributed by atoms with Crippen LogP contribution >= 0.6 is 0 Å². The van der Waals surface area contributed by atoms with Gasteiger partial charge in [0.15, 0.2) is 17.9 Å². The van der Waals surface area contributed by atoms with E-state index >= 15 is 0 Å². The number of amides is 1. The van der Waals surface area contributed by atoms with Gasteiger partial charge in [0.1, 0.15) is 11.6 Å². The molecule has 0 aliphatic rings. The highest BCUT2D eigenvalue weighted by atomic mass is 16.5. The Kier molecular flexibility index (Phi) is 7.26. The number of aryl methyl sites for hydroxylation is 1. The van der Waals surface area contributed by atoms with E-state index in [0.29, 0.717) is 24.3 Å². The van der Waals surface area contributed by atoms with Crippen LogP contribution in [0.3, 0.4) is 0 Å². The van der Waals surface area contributed by atoms with Gasteiger partial charge in [0.25, 0.3) is 11.5 Å². The van der Waals surface area contributed by atoms with E-state index in [2.05, 4.69) is 15.2 Å². The highest BCUT2D eigenvalue weighted by molar-refractivity contribution is 5.98. The zero-order chi connectivity index (χ0) is 24.1. The molecule has 0 bridgehead atoms. The third kappa shape index (κ3) is 4.94. The molecule has 12 nitrogen and oxygen atoms in total. The molecule has 33 heavy (non-hydrogen) atoms. The molecule has 0 fully saturated rings. The van der Waals surface area contributed by atoms with E-state index in [-0.39, 0.29) is 30.2 Å². The molecule has 3 rings (SSSR count). The Balaban J connectivity index is 1.84. The normalized spacial score (nSPS) is 11.0. The lowest BCUT2D eigenvalue weighted by atomic mass is 10.2. The van der Waals surface area contributed by atoms with Crippen molar-refractivity contribution in [1.82, 2.24) is 24.1 Å². The average molecular weight is 457 g/mol. The summed E-state index contributed by atoms with van der Waals surface area (Å²) in [5.41, 5.74) is 5.36. The molecule has 0 saturated carbocycles. The minimum atomic E-state index is -0.769. The monoisotopic (exact) mass is 457 g/mol. The van der Waals surface area contributed by atoms with Gasteiger partial charge >= 0.3 is 11.7 Å². The van der Waals surface area contributed by atoms with Crippen LogP contribution in [0.4, 0.5) is 11.5 Å². The van der Waals surface area contributed by atoms with Gasteiger partial charge in [0.2, 0.25) is 0 Å². The number of esters is 1. The summed E-state index contributed by atoms with van der Waals surface area (Å²) in [6.45, 7) is 5.38. The van der Waals surface area contributed by atoms with Crippen molar-refractivity contribution in [1.29, 1.82) is 0 Å². The zero-order valence-corrected chi connectivity index (χ0v) is 18.8. The second kappa shape index (κ2) is 10.1. The van der Waals surface area contributed by atoms with Gasteiger partial charge in [-0.2, -0.15) is 0 Å². The summed E-state index contributed by atoms with van der Waals surface area (Å²) in [5.74, 6) is -0.850. The first-order chi connectivity index (χ1) is 15.8. The molecule has 0 aliphatic carbocycles. The summed E-state index contributed by atoms with van der Waals surface area (Å²) in [6, 6.07) is 3.14. The molecular formula is C21H27N7O5. The summed E-state index contributed by atoms with van der Waals surface area (Å²) in [6.07, 6.45) is 3.45. The molecule has 1 amide bonds. The van der Waals surface area contributed by atoms with Gasteiger partial charge in [-0.05, 0) is 31.9 Å². The van der Waals surface area contributed by atoms with Gasteiger partial charge in [0.05, 0.1) is 5.56 Å². The Morgan fingerprint density at radius 3 is 2.64 bits per heavy atom. The van der Waals surface area contributed by atoms with Crippen LogP contribution < -0.4 is 21.9 Å². The number of rotatable bonds is 9. The molecule has 12 heteroatoms. The molecule has 0 aromatic carbocycles. The predicted molar refractivity (Wildman–Crippen MR) is 121 cm³/mol. The second-order valence-corrected chi connectivity index (χ2v) is 7.51. The van der Waals surface area contributed by atoms with Crippen LogP contribution in [0, 0.1) is 6.92 Å². The minimum Gasteiger partial charge on any atom is -0.452 e. The molecule has 0 spiro atoms. The molecule has 0 atom stereocenters.